The van der Waals surface area contributed by atoms with Gasteiger partial charge in [-0.15, -0.1) is 0 Å². The van der Waals surface area contributed by atoms with Gasteiger partial charge in [-0.1, -0.05) is 129 Å². The number of hydrogen-bond donors (Lipinski definition) is 0. The van der Waals surface area contributed by atoms with E-state index in [4.69, 9.17) is 23.7 Å². The molecule has 0 radical (unpaired) electrons. The molecule has 0 saturated carbocycles. The maximum absolute atomic E-state index is 11.8. The lowest BCUT2D eigenvalue weighted by molar-refractivity contribution is -0.144. The third-order valence-corrected chi connectivity index (χ3v) is 7.19. The van der Waals surface area contributed by atoms with Crippen molar-refractivity contribution in [3.63, 3.8) is 0 Å². The minimum atomic E-state index is -0.109. The van der Waals surface area contributed by atoms with Crippen molar-refractivity contribution in [2.45, 2.75) is 155 Å². The van der Waals surface area contributed by atoms with Gasteiger partial charge in [0, 0.05) is 19.6 Å². The summed E-state index contributed by atoms with van der Waals surface area (Å²) in [7, 11) is 0. The zero-order valence-electron chi connectivity index (χ0n) is 26.9. The van der Waals surface area contributed by atoms with Crippen LogP contribution in [-0.2, 0) is 28.5 Å². The van der Waals surface area contributed by atoms with E-state index in [-0.39, 0.29) is 5.97 Å². The molecule has 0 amide bonds. The molecular formula is C34H68O6. The van der Waals surface area contributed by atoms with E-state index in [1.807, 2.05) is 0 Å². The summed E-state index contributed by atoms with van der Waals surface area (Å²) in [6.45, 7) is 9.97. The minimum Gasteiger partial charge on any atom is -0.466 e. The van der Waals surface area contributed by atoms with E-state index in [1.54, 1.807) is 0 Å². The first-order valence-electron chi connectivity index (χ1n) is 17.3. The number of carbonyl (C=O) groups excluding carboxylic acids is 1. The third-order valence-electron chi connectivity index (χ3n) is 7.19. The Kier molecular flexibility index (Phi) is 35.7. The zero-order valence-corrected chi connectivity index (χ0v) is 26.9. The standard InChI is InChI=1S/C34H68O6/c1-3-5-7-9-11-13-14-15-16-18-20-22-27-40-34(35)24-23-26-37-29-31-39-33-32-38-30-28-36-25-21-19-17-12-10-8-6-4-2/h3-33H2,1-2H3. The maximum Gasteiger partial charge on any atom is 0.305 e. The van der Waals surface area contributed by atoms with Crippen LogP contribution in [0.5, 0.6) is 0 Å². The Labute approximate surface area is 249 Å². The minimum absolute atomic E-state index is 0.109. The molecule has 240 valence electrons. The molecule has 0 spiro atoms. The molecule has 0 rings (SSSR count). The Morgan fingerprint density at radius 3 is 1.05 bits per heavy atom. The molecule has 0 N–H and O–H groups in total. The van der Waals surface area contributed by atoms with E-state index in [1.165, 1.54) is 109 Å². The fourth-order valence-electron chi connectivity index (χ4n) is 4.62. The molecule has 0 aliphatic heterocycles. The quantitative estimate of drug-likeness (QED) is 0.0557. The van der Waals surface area contributed by atoms with Crippen molar-refractivity contribution < 1.29 is 28.5 Å². The number of hydrogen-bond acceptors (Lipinski definition) is 6. The van der Waals surface area contributed by atoms with Gasteiger partial charge in [0.1, 0.15) is 0 Å². The van der Waals surface area contributed by atoms with E-state index in [2.05, 4.69) is 13.8 Å². The predicted octanol–water partition coefficient (Wildman–Crippen LogP) is 9.22. The monoisotopic (exact) mass is 573 g/mol. The first-order chi connectivity index (χ1) is 19.8. The van der Waals surface area contributed by atoms with Crippen molar-refractivity contribution in [1.29, 1.82) is 0 Å². The molecule has 0 aliphatic rings. The average Bonchev–Trinajstić information content (AvgIpc) is 2.96. The van der Waals surface area contributed by atoms with Crippen molar-refractivity contribution >= 4 is 5.97 Å². The van der Waals surface area contributed by atoms with Gasteiger partial charge in [-0.25, -0.2) is 0 Å². The first kappa shape index (κ1) is 39.3. The lowest BCUT2D eigenvalue weighted by Gasteiger charge is -2.08. The van der Waals surface area contributed by atoms with E-state index < -0.39 is 0 Å². The number of unbranched alkanes of at least 4 members (excludes halogenated alkanes) is 18. The van der Waals surface area contributed by atoms with Gasteiger partial charge < -0.3 is 23.7 Å². The van der Waals surface area contributed by atoms with Crippen LogP contribution < -0.4 is 0 Å². The maximum atomic E-state index is 11.8. The third kappa shape index (κ3) is 35.3. The molecule has 0 heterocycles. The average molecular weight is 573 g/mol. The lowest BCUT2D eigenvalue weighted by atomic mass is 10.1. The highest BCUT2D eigenvalue weighted by atomic mass is 16.6. The highest BCUT2D eigenvalue weighted by Gasteiger charge is 2.03. The molecule has 6 heteroatoms. The van der Waals surface area contributed by atoms with E-state index in [9.17, 15) is 4.79 Å². The van der Waals surface area contributed by atoms with Gasteiger partial charge in [0.2, 0.25) is 0 Å². The van der Waals surface area contributed by atoms with E-state index in [0.717, 1.165) is 25.9 Å². The fourth-order valence-corrected chi connectivity index (χ4v) is 4.62. The molecule has 0 aromatic heterocycles. The molecule has 0 aromatic rings. The predicted molar refractivity (Wildman–Crippen MR) is 167 cm³/mol. The van der Waals surface area contributed by atoms with Crippen LogP contribution >= 0.6 is 0 Å². The summed E-state index contributed by atoms with van der Waals surface area (Å²) in [6.07, 6.45) is 27.4. The van der Waals surface area contributed by atoms with Gasteiger partial charge in [0.15, 0.2) is 0 Å². The smallest absolute Gasteiger partial charge is 0.305 e. The van der Waals surface area contributed by atoms with Gasteiger partial charge in [-0.05, 0) is 19.3 Å². The van der Waals surface area contributed by atoms with Gasteiger partial charge in [0.05, 0.1) is 46.2 Å². The van der Waals surface area contributed by atoms with Crippen LogP contribution in [-0.4, -0.2) is 65.4 Å². The van der Waals surface area contributed by atoms with Crippen molar-refractivity contribution in [1.82, 2.24) is 0 Å². The number of carbonyl (C=O) groups is 1. The van der Waals surface area contributed by atoms with Crippen LogP contribution in [0.1, 0.15) is 155 Å². The number of esters is 1. The fraction of sp³-hybridized carbons (Fsp3) is 0.971. The Bertz CT molecular complexity index is 473. The largest absolute Gasteiger partial charge is 0.466 e. The molecular weight excluding hydrogens is 504 g/mol. The van der Waals surface area contributed by atoms with Crippen LogP contribution in [0, 0.1) is 0 Å². The molecule has 0 unspecified atom stereocenters. The Morgan fingerprint density at radius 2 is 0.650 bits per heavy atom. The van der Waals surface area contributed by atoms with Gasteiger partial charge in [0.25, 0.3) is 0 Å². The SMILES string of the molecule is CCCCCCCCCCCCCCOC(=O)CCCOCCOCCOCCOCCCCCCCCCC. The summed E-state index contributed by atoms with van der Waals surface area (Å²) in [5.41, 5.74) is 0. The number of rotatable bonds is 35. The van der Waals surface area contributed by atoms with Crippen LogP contribution in [0.4, 0.5) is 0 Å². The second-order valence-electron chi connectivity index (χ2n) is 11.1. The Balaban J connectivity index is 3.13. The van der Waals surface area contributed by atoms with Crippen molar-refractivity contribution in [2.75, 3.05) is 59.5 Å². The van der Waals surface area contributed by atoms with Gasteiger partial charge >= 0.3 is 5.97 Å². The number of ether oxygens (including phenoxy) is 5. The Morgan fingerprint density at radius 1 is 0.350 bits per heavy atom. The summed E-state index contributed by atoms with van der Waals surface area (Å²) in [5, 5.41) is 0. The molecule has 0 fully saturated rings. The van der Waals surface area contributed by atoms with Crippen LogP contribution in [0.25, 0.3) is 0 Å². The summed E-state index contributed by atoms with van der Waals surface area (Å²) in [5.74, 6) is -0.109. The lowest BCUT2D eigenvalue weighted by Crippen LogP contribution is -2.12. The zero-order chi connectivity index (χ0) is 29.0. The summed E-state index contributed by atoms with van der Waals surface area (Å²) in [6, 6.07) is 0. The topological polar surface area (TPSA) is 63.2 Å². The van der Waals surface area contributed by atoms with Crippen molar-refractivity contribution in [3.05, 3.63) is 0 Å². The van der Waals surface area contributed by atoms with Crippen LogP contribution in [0.2, 0.25) is 0 Å². The molecule has 0 bridgehead atoms. The molecule has 6 nitrogen and oxygen atoms in total. The van der Waals surface area contributed by atoms with E-state index >= 15 is 0 Å². The molecule has 0 aliphatic carbocycles. The second-order valence-corrected chi connectivity index (χ2v) is 11.1. The highest BCUT2D eigenvalue weighted by molar-refractivity contribution is 5.69. The van der Waals surface area contributed by atoms with Crippen LogP contribution in [0.3, 0.4) is 0 Å². The molecule has 0 saturated heterocycles. The van der Waals surface area contributed by atoms with Crippen molar-refractivity contribution in [2.24, 2.45) is 0 Å². The molecule has 40 heavy (non-hydrogen) atoms. The van der Waals surface area contributed by atoms with Gasteiger partial charge in [-0.2, -0.15) is 0 Å². The molecule has 0 atom stereocenters. The first-order valence-corrected chi connectivity index (χ1v) is 17.3. The highest BCUT2D eigenvalue weighted by Crippen LogP contribution is 2.12. The van der Waals surface area contributed by atoms with Gasteiger partial charge in [-0.3, -0.25) is 4.79 Å². The summed E-state index contributed by atoms with van der Waals surface area (Å²) < 4.78 is 27.5. The normalized spacial score (nSPS) is 11.3. The summed E-state index contributed by atoms with van der Waals surface area (Å²) >= 11 is 0. The van der Waals surface area contributed by atoms with E-state index in [0.29, 0.717) is 65.7 Å². The Hall–Kier alpha value is -0.690. The molecule has 0 aromatic carbocycles. The second kappa shape index (κ2) is 36.3. The summed E-state index contributed by atoms with van der Waals surface area (Å²) in [4.78, 5) is 11.8. The van der Waals surface area contributed by atoms with Crippen molar-refractivity contribution in [3.8, 4) is 0 Å². The van der Waals surface area contributed by atoms with Crippen LogP contribution in [0.15, 0.2) is 0 Å².